The van der Waals surface area contributed by atoms with Crippen LogP contribution in [0.1, 0.15) is 32.7 Å². The number of benzene rings is 1. The van der Waals surface area contributed by atoms with Crippen molar-refractivity contribution >= 4 is 33.1 Å². The van der Waals surface area contributed by atoms with E-state index < -0.39 is 6.17 Å². The quantitative estimate of drug-likeness (QED) is 0.516. The first-order valence-corrected chi connectivity index (χ1v) is 8.78. The average Bonchev–Trinajstić information content (AvgIpc) is 2.96. The van der Waals surface area contributed by atoms with Gasteiger partial charge in [0.25, 0.3) is 5.91 Å². The second-order valence-electron chi connectivity index (χ2n) is 6.21. The molecule has 0 radical (unpaired) electrons. The Labute approximate surface area is 153 Å². The van der Waals surface area contributed by atoms with Gasteiger partial charge in [-0.15, -0.1) is 11.3 Å². The van der Waals surface area contributed by atoms with Crippen molar-refractivity contribution in [2.24, 2.45) is 0 Å². The van der Waals surface area contributed by atoms with Crippen molar-refractivity contribution in [1.29, 1.82) is 0 Å². The normalized spacial score (nSPS) is 16.1. The number of fused-ring (bicyclic) bond motifs is 3. The van der Waals surface area contributed by atoms with Gasteiger partial charge in [0, 0.05) is 16.6 Å². The number of carbonyl (C=O) groups is 1. The van der Waals surface area contributed by atoms with Crippen LogP contribution in [0.3, 0.4) is 0 Å². The van der Waals surface area contributed by atoms with Gasteiger partial charge in [0.1, 0.15) is 15.9 Å². The summed E-state index contributed by atoms with van der Waals surface area (Å²) >= 11 is 1.35. The van der Waals surface area contributed by atoms with Crippen molar-refractivity contribution in [3.63, 3.8) is 0 Å². The molecule has 7 nitrogen and oxygen atoms in total. The van der Waals surface area contributed by atoms with Crippen LogP contribution in [0, 0.1) is 13.8 Å². The first-order chi connectivity index (χ1) is 12.4. The summed E-state index contributed by atoms with van der Waals surface area (Å²) in [7, 11) is 1.40. The van der Waals surface area contributed by atoms with Gasteiger partial charge in [-0.1, -0.05) is 0 Å². The van der Waals surface area contributed by atoms with E-state index in [1.165, 1.54) is 24.5 Å². The number of methoxy groups -OCH3 is 1. The van der Waals surface area contributed by atoms with Gasteiger partial charge < -0.3 is 25.6 Å². The first kappa shape index (κ1) is 16.5. The predicted octanol–water partition coefficient (Wildman–Crippen LogP) is 3.19. The minimum atomic E-state index is -0.575. The molecule has 1 amide bonds. The summed E-state index contributed by atoms with van der Waals surface area (Å²) in [6.45, 7) is 3.91. The van der Waals surface area contributed by atoms with Gasteiger partial charge in [-0.25, -0.2) is 4.98 Å². The fraction of sp³-hybridized carbons (Fsp3) is 0.222. The van der Waals surface area contributed by atoms with Gasteiger partial charge >= 0.3 is 0 Å². The Bertz CT molecular complexity index is 1060. The van der Waals surface area contributed by atoms with Crippen LogP contribution in [-0.2, 0) is 0 Å². The number of amides is 1. The van der Waals surface area contributed by atoms with E-state index in [9.17, 15) is 15.0 Å². The second kappa shape index (κ2) is 5.77. The van der Waals surface area contributed by atoms with Crippen molar-refractivity contribution in [3.05, 3.63) is 39.9 Å². The van der Waals surface area contributed by atoms with E-state index in [0.29, 0.717) is 10.4 Å². The number of ether oxygens (including phenoxy) is 1. The third kappa shape index (κ3) is 2.41. The van der Waals surface area contributed by atoms with E-state index in [4.69, 9.17) is 4.74 Å². The molecular formula is C18H17N3O4S. The third-order valence-corrected chi connectivity index (χ3v) is 5.47. The minimum Gasteiger partial charge on any atom is -0.504 e. The average molecular weight is 371 g/mol. The van der Waals surface area contributed by atoms with Crippen molar-refractivity contribution in [2.75, 3.05) is 12.4 Å². The maximum Gasteiger partial charge on any atom is 0.265 e. The predicted molar refractivity (Wildman–Crippen MR) is 99.2 cm³/mol. The highest BCUT2D eigenvalue weighted by Gasteiger charge is 2.30. The van der Waals surface area contributed by atoms with Crippen LogP contribution < -0.4 is 15.4 Å². The Morgan fingerprint density at radius 2 is 1.96 bits per heavy atom. The number of rotatable bonds is 2. The Morgan fingerprint density at radius 3 is 2.69 bits per heavy atom. The van der Waals surface area contributed by atoms with E-state index in [-0.39, 0.29) is 23.2 Å². The van der Waals surface area contributed by atoms with E-state index in [1.807, 2.05) is 19.9 Å². The number of hydrogen-bond donors (Lipinski definition) is 4. The fourth-order valence-electron chi connectivity index (χ4n) is 3.22. The number of hydrogen-bond acceptors (Lipinski definition) is 7. The Balaban J connectivity index is 1.84. The van der Waals surface area contributed by atoms with Crippen LogP contribution in [0.2, 0.25) is 0 Å². The summed E-state index contributed by atoms with van der Waals surface area (Å²) in [6.07, 6.45) is -0.575. The number of carbonyl (C=O) groups excluding carboxylic acids is 1. The van der Waals surface area contributed by atoms with Gasteiger partial charge in [-0.3, -0.25) is 4.79 Å². The number of aromatic hydroxyl groups is 2. The molecule has 4 N–H and O–H groups in total. The summed E-state index contributed by atoms with van der Waals surface area (Å²) in [6, 6.07) is 4.94. The smallest absolute Gasteiger partial charge is 0.265 e. The van der Waals surface area contributed by atoms with E-state index in [1.54, 1.807) is 6.07 Å². The van der Waals surface area contributed by atoms with Crippen molar-refractivity contribution < 1.29 is 19.7 Å². The zero-order valence-electron chi connectivity index (χ0n) is 14.4. The topological polar surface area (TPSA) is 104 Å². The molecule has 0 fully saturated rings. The molecule has 0 saturated carbocycles. The monoisotopic (exact) mass is 371 g/mol. The van der Waals surface area contributed by atoms with Crippen LogP contribution in [0.25, 0.3) is 10.2 Å². The molecule has 26 heavy (non-hydrogen) atoms. The molecule has 1 aliphatic heterocycles. The van der Waals surface area contributed by atoms with E-state index in [2.05, 4.69) is 15.6 Å². The maximum absolute atomic E-state index is 12.6. The van der Waals surface area contributed by atoms with Crippen LogP contribution in [0.15, 0.2) is 18.2 Å². The van der Waals surface area contributed by atoms with E-state index >= 15 is 0 Å². The van der Waals surface area contributed by atoms with Gasteiger partial charge in [0.15, 0.2) is 11.5 Å². The molecule has 1 unspecified atom stereocenters. The Hall–Kier alpha value is -3.00. The summed E-state index contributed by atoms with van der Waals surface area (Å²) in [5, 5.41) is 26.8. The molecule has 0 spiro atoms. The zero-order chi connectivity index (χ0) is 18.6. The summed E-state index contributed by atoms with van der Waals surface area (Å²) in [5.41, 5.74) is 3.24. The van der Waals surface area contributed by atoms with Crippen LogP contribution in [0.5, 0.6) is 17.2 Å². The van der Waals surface area contributed by atoms with Gasteiger partial charge in [-0.05, 0) is 37.6 Å². The standard InChI is InChI=1S/C18H17N3O4S/c1-7-4-8(2)19-18-12(7)13-15(26-18)17(24)21-16(20-13)9-5-10(22)14(23)11(6-9)25-3/h4-6,16,20,22-23H,1-3H3,(H,21,24). The number of pyridine rings is 1. The van der Waals surface area contributed by atoms with E-state index in [0.717, 1.165) is 27.2 Å². The lowest BCUT2D eigenvalue weighted by Crippen LogP contribution is -2.37. The highest BCUT2D eigenvalue weighted by molar-refractivity contribution is 7.21. The van der Waals surface area contributed by atoms with Gasteiger partial charge in [-0.2, -0.15) is 0 Å². The summed E-state index contributed by atoms with van der Waals surface area (Å²) in [5.74, 6) is -0.735. The molecule has 2 aromatic heterocycles. The van der Waals surface area contributed by atoms with Crippen molar-refractivity contribution in [3.8, 4) is 17.2 Å². The lowest BCUT2D eigenvalue weighted by molar-refractivity contribution is 0.0940. The molecule has 3 aromatic rings. The SMILES string of the molecule is COc1cc(C2NC(=O)c3sc4nc(C)cc(C)c4c3N2)cc(O)c1O. The zero-order valence-corrected chi connectivity index (χ0v) is 15.2. The van der Waals surface area contributed by atoms with Crippen LogP contribution >= 0.6 is 11.3 Å². The van der Waals surface area contributed by atoms with Crippen LogP contribution in [-0.4, -0.2) is 28.2 Å². The van der Waals surface area contributed by atoms with Gasteiger partial charge in [0.05, 0.1) is 12.8 Å². The molecule has 8 heteroatoms. The number of nitrogens with zero attached hydrogens (tertiary/aromatic N) is 1. The summed E-state index contributed by atoms with van der Waals surface area (Å²) < 4.78 is 5.08. The van der Waals surface area contributed by atoms with Crippen molar-refractivity contribution in [1.82, 2.24) is 10.3 Å². The highest BCUT2D eigenvalue weighted by Crippen LogP contribution is 2.43. The maximum atomic E-state index is 12.6. The molecule has 0 aliphatic carbocycles. The number of nitrogens with one attached hydrogen (secondary N) is 2. The number of thiophene rings is 1. The molecule has 1 atom stereocenters. The molecule has 1 aliphatic rings. The fourth-order valence-corrected chi connectivity index (χ4v) is 4.38. The lowest BCUT2D eigenvalue weighted by Gasteiger charge is -2.27. The number of anilines is 1. The molecule has 134 valence electrons. The second-order valence-corrected chi connectivity index (χ2v) is 7.21. The van der Waals surface area contributed by atoms with Crippen molar-refractivity contribution in [2.45, 2.75) is 20.0 Å². The molecule has 0 bridgehead atoms. The summed E-state index contributed by atoms with van der Waals surface area (Å²) in [4.78, 5) is 18.5. The molecule has 0 saturated heterocycles. The third-order valence-electron chi connectivity index (χ3n) is 4.39. The molecular weight excluding hydrogens is 354 g/mol. The molecule has 4 rings (SSSR count). The molecule has 1 aromatic carbocycles. The Morgan fingerprint density at radius 1 is 1.19 bits per heavy atom. The minimum absolute atomic E-state index is 0.130. The largest absolute Gasteiger partial charge is 0.504 e. The number of phenolic OH excluding ortho intramolecular Hbond substituents is 2. The first-order valence-electron chi connectivity index (χ1n) is 7.97. The number of aromatic nitrogens is 1. The van der Waals surface area contributed by atoms with Gasteiger partial charge in [0.2, 0.25) is 5.75 Å². The van der Waals surface area contributed by atoms with Crippen LogP contribution in [0.4, 0.5) is 5.69 Å². The number of aryl methyl sites for hydroxylation is 2. The molecule has 3 heterocycles. The number of phenols is 2. The highest BCUT2D eigenvalue weighted by atomic mass is 32.1. The Kier molecular flexibility index (Phi) is 3.66. The lowest BCUT2D eigenvalue weighted by atomic mass is 10.1.